The highest BCUT2D eigenvalue weighted by molar-refractivity contribution is 5.83. The number of benzene rings is 1. The number of nitrogens with one attached hydrogen (secondary N) is 2. The number of hydrogen-bond donors (Lipinski definition) is 2. The fraction of sp³-hybridized carbons (Fsp3) is 0.471. The molecular formula is C34H43N9O3. The van der Waals surface area contributed by atoms with Crippen LogP contribution in [0.1, 0.15) is 72.4 Å². The number of nitriles is 1. The van der Waals surface area contributed by atoms with Gasteiger partial charge in [-0.25, -0.2) is 9.78 Å². The van der Waals surface area contributed by atoms with E-state index >= 15 is 0 Å². The van der Waals surface area contributed by atoms with Gasteiger partial charge in [-0.2, -0.15) is 15.3 Å². The van der Waals surface area contributed by atoms with Gasteiger partial charge in [0.25, 0.3) is 0 Å². The van der Waals surface area contributed by atoms with Crippen LogP contribution in [0.3, 0.4) is 0 Å². The van der Waals surface area contributed by atoms with E-state index in [2.05, 4.69) is 21.8 Å². The van der Waals surface area contributed by atoms with Crippen LogP contribution in [0.5, 0.6) is 0 Å². The monoisotopic (exact) mass is 625 g/mol. The summed E-state index contributed by atoms with van der Waals surface area (Å²) >= 11 is 0. The van der Waals surface area contributed by atoms with E-state index in [0.717, 1.165) is 34.9 Å². The van der Waals surface area contributed by atoms with Crippen LogP contribution >= 0.6 is 0 Å². The summed E-state index contributed by atoms with van der Waals surface area (Å²) in [5.41, 5.74) is 2.21. The molecule has 0 atom stereocenters. The molecule has 4 heterocycles. The van der Waals surface area contributed by atoms with Crippen molar-refractivity contribution in [2.24, 2.45) is 5.41 Å². The molecule has 1 saturated heterocycles. The third-order valence-electron chi connectivity index (χ3n) is 7.83. The molecule has 0 spiro atoms. The van der Waals surface area contributed by atoms with Gasteiger partial charge in [-0.1, -0.05) is 20.8 Å². The lowest BCUT2D eigenvalue weighted by atomic mass is 9.96. The Morgan fingerprint density at radius 2 is 1.83 bits per heavy atom. The van der Waals surface area contributed by atoms with Crippen LogP contribution in [-0.2, 0) is 9.53 Å². The maximum Gasteiger partial charge on any atom is 0.410 e. The van der Waals surface area contributed by atoms with Crippen LogP contribution in [0.4, 0.5) is 10.6 Å². The first-order chi connectivity index (χ1) is 21.8. The molecule has 1 aliphatic heterocycles. The zero-order chi connectivity index (χ0) is 33.1. The Morgan fingerprint density at radius 1 is 1.07 bits per heavy atom. The smallest absolute Gasteiger partial charge is 0.410 e. The second-order valence-corrected chi connectivity index (χ2v) is 13.7. The molecule has 1 fully saturated rings. The minimum Gasteiger partial charge on any atom is -0.444 e. The first-order valence-corrected chi connectivity index (χ1v) is 15.8. The van der Waals surface area contributed by atoms with Gasteiger partial charge in [0, 0.05) is 66.7 Å². The molecule has 0 aliphatic carbocycles. The normalized spacial score (nSPS) is 14.2. The number of carbonyl (C=O) groups is 2. The Bertz CT molecular complexity index is 1750. The van der Waals surface area contributed by atoms with Crippen molar-refractivity contribution in [3.8, 4) is 23.1 Å². The Labute approximate surface area is 269 Å². The predicted molar refractivity (Wildman–Crippen MR) is 176 cm³/mol. The number of hydrogen-bond acceptors (Lipinski definition) is 8. The molecule has 4 aromatic rings. The minimum atomic E-state index is -0.524. The molecule has 0 radical (unpaired) electrons. The number of anilines is 1. The number of nitrogens with zero attached hydrogens (tertiary/aromatic N) is 7. The van der Waals surface area contributed by atoms with E-state index in [0.29, 0.717) is 49.9 Å². The topological polar surface area (TPSA) is 143 Å². The number of amides is 2. The van der Waals surface area contributed by atoms with E-state index in [1.165, 1.54) is 0 Å². The summed E-state index contributed by atoms with van der Waals surface area (Å²) < 4.78 is 9.41. The molecule has 0 saturated carbocycles. The third kappa shape index (κ3) is 7.65. The molecule has 242 valence electrons. The second-order valence-electron chi connectivity index (χ2n) is 13.7. The van der Waals surface area contributed by atoms with Crippen molar-refractivity contribution in [1.82, 2.24) is 34.5 Å². The predicted octanol–water partition coefficient (Wildman–Crippen LogP) is 5.69. The fourth-order valence-electron chi connectivity index (χ4n) is 5.30. The highest BCUT2D eigenvalue weighted by atomic mass is 16.6. The van der Waals surface area contributed by atoms with E-state index in [1.807, 2.05) is 87.6 Å². The molecule has 0 bridgehead atoms. The highest BCUT2D eigenvalue weighted by Crippen LogP contribution is 2.30. The Kier molecular flexibility index (Phi) is 9.32. The van der Waals surface area contributed by atoms with Gasteiger partial charge in [-0.3, -0.25) is 14.0 Å². The Hall–Kier alpha value is -4.92. The molecule has 12 heteroatoms. The molecule has 0 unspecified atom stereocenters. The molecule has 3 aromatic heterocycles. The number of carbonyl (C=O) groups excluding carboxylic acids is 2. The van der Waals surface area contributed by atoms with Gasteiger partial charge < -0.3 is 20.3 Å². The lowest BCUT2D eigenvalue weighted by molar-refractivity contribution is -0.128. The first-order valence-electron chi connectivity index (χ1n) is 15.8. The van der Waals surface area contributed by atoms with Gasteiger partial charge in [0.15, 0.2) is 0 Å². The van der Waals surface area contributed by atoms with Crippen LogP contribution in [-0.4, -0.2) is 73.0 Å². The molecule has 1 aliphatic rings. The number of rotatable bonds is 8. The quantitative estimate of drug-likeness (QED) is 0.238. The SMILES string of the molecule is CC(C)(C)OC(=O)N1CCC(n2cc(-c3cnc(-n4ccc5cc(C#N)ccc54)nc3NCCCNC(=O)C(C)(C)C)cn2)CC1. The van der Waals surface area contributed by atoms with Crippen molar-refractivity contribution in [3.63, 3.8) is 0 Å². The van der Waals surface area contributed by atoms with Crippen LogP contribution < -0.4 is 10.6 Å². The van der Waals surface area contributed by atoms with Gasteiger partial charge in [-0.15, -0.1) is 0 Å². The van der Waals surface area contributed by atoms with Crippen molar-refractivity contribution in [2.45, 2.75) is 72.4 Å². The van der Waals surface area contributed by atoms with Crippen molar-refractivity contribution in [2.75, 3.05) is 31.5 Å². The molecule has 1 aromatic carbocycles. The molecule has 12 nitrogen and oxygen atoms in total. The average molecular weight is 626 g/mol. The van der Waals surface area contributed by atoms with E-state index < -0.39 is 11.0 Å². The van der Waals surface area contributed by atoms with Crippen LogP contribution in [0.25, 0.3) is 28.0 Å². The van der Waals surface area contributed by atoms with E-state index in [4.69, 9.17) is 14.7 Å². The van der Waals surface area contributed by atoms with Crippen molar-refractivity contribution in [1.29, 1.82) is 5.26 Å². The largest absolute Gasteiger partial charge is 0.444 e. The number of piperidine rings is 1. The number of likely N-dealkylation sites (tertiary alicyclic amines) is 1. The summed E-state index contributed by atoms with van der Waals surface area (Å²) in [5.74, 6) is 1.16. The molecule has 2 N–H and O–H groups in total. The lowest BCUT2D eigenvalue weighted by Gasteiger charge is -2.33. The summed E-state index contributed by atoms with van der Waals surface area (Å²) in [6.07, 6.45) is 9.50. The van der Waals surface area contributed by atoms with E-state index in [9.17, 15) is 14.9 Å². The second kappa shape index (κ2) is 13.2. The first kappa shape index (κ1) is 32.5. The van der Waals surface area contributed by atoms with Crippen LogP contribution in [0, 0.1) is 16.7 Å². The Balaban J connectivity index is 1.34. The fourth-order valence-corrected chi connectivity index (χ4v) is 5.30. The van der Waals surface area contributed by atoms with Crippen molar-refractivity contribution >= 4 is 28.7 Å². The van der Waals surface area contributed by atoms with Crippen LogP contribution in [0.2, 0.25) is 0 Å². The van der Waals surface area contributed by atoms with Gasteiger partial charge >= 0.3 is 6.09 Å². The van der Waals surface area contributed by atoms with Crippen molar-refractivity contribution in [3.05, 3.63) is 54.6 Å². The van der Waals surface area contributed by atoms with E-state index in [1.54, 1.807) is 17.2 Å². The van der Waals surface area contributed by atoms with E-state index in [-0.39, 0.29) is 18.0 Å². The summed E-state index contributed by atoms with van der Waals surface area (Å²) in [5, 5.41) is 21.4. The molecule has 46 heavy (non-hydrogen) atoms. The maximum absolute atomic E-state index is 12.5. The summed E-state index contributed by atoms with van der Waals surface area (Å²) in [4.78, 5) is 36.2. The number of fused-ring (bicyclic) bond motifs is 1. The molecular weight excluding hydrogens is 582 g/mol. The highest BCUT2D eigenvalue weighted by Gasteiger charge is 2.28. The minimum absolute atomic E-state index is 0.0147. The lowest BCUT2D eigenvalue weighted by Crippen LogP contribution is -2.42. The van der Waals surface area contributed by atoms with Gasteiger partial charge in [0.05, 0.1) is 29.4 Å². The zero-order valence-electron chi connectivity index (χ0n) is 27.5. The summed E-state index contributed by atoms with van der Waals surface area (Å²) in [6, 6.07) is 9.80. The zero-order valence-corrected chi connectivity index (χ0v) is 27.5. The third-order valence-corrected chi connectivity index (χ3v) is 7.83. The van der Waals surface area contributed by atoms with Crippen molar-refractivity contribution < 1.29 is 14.3 Å². The summed E-state index contributed by atoms with van der Waals surface area (Å²) in [7, 11) is 0. The molecule has 5 rings (SSSR count). The Morgan fingerprint density at radius 3 is 2.52 bits per heavy atom. The average Bonchev–Trinajstić information content (AvgIpc) is 3.67. The number of aromatic nitrogens is 5. The molecule has 2 amide bonds. The van der Waals surface area contributed by atoms with Crippen LogP contribution in [0.15, 0.2) is 49.1 Å². The van der Waals surface area contributed by atoms with Gasteiger partial charge in [0.2, 0.25) is 11.9 Å². The van der Waals surface area contributed by atoms with Gasteiger partial charge in [0.1, 0.15) is 11.4 Å². The van der Waals surface area contributed by atoms with Gasteiger partial charge in [-0.05, 0) is 64.3 Å². The number of ether oxygens (including phenoxy) is 1. The maximum atomic E-state index is 12.5. The standard InChI is InChI=1S/C34H43N9O3/c1-33(2,3)30(44)37-14-7-13-36-29-27(21-38-31(40-29)42-17-10-24-18-23(19-35)8-9-28(24)42)25-20-39-43(22-25)26-11-15-41(16-12-26)32(45)46-34(4,5)6/h8-10,17-18,20-22,26H,7,11-16H2,1-6H3,(H,37,44)(H,36,38,40). The summed E-state index contributed by atoms with van der Waals surface area (Å²) in [6.45, 7) is 13.6.